The van der Waals surface area contributed by atoms with Crippen LogP contribution in [0.5, 0.6) is 0 Å². The second-order valence-electron chi connectivity index (χ2n) is 5.61. The maximum absolute atomic E-state index is 11.1. The summed E-state index contributed by atoms with van der Waals surface area (Å²) in [5.41, 5.74) is 2.58. The van der Waals surface area contributed by atoms with Crippen molar-refractivity contribution in [1.82, 2.24) is 0 Å². The lowest BCUT2D eigenvalue weighted by molar-refractivity contribution is -0.140. The monoisotopic (exact) mass is 280 g/mol. The van der Waals surface area contributed by atoms with Crippen LogP contribution in [0.25, 0.3) is 0 Å². The average molecular weight is 280 g/mol. The Morgan fingerprint density at radius 2 is 1.95 bits per heavy atom. The van der Waals surface area contributed by atoms with Crippen molar-refractivity contribution in [2.45, 2.75) is 72.1 Å². The number of furan rings is 1. The van der Waals surface area contributed by atoms with Gasteiger partial charge in [-0.25, -0.2) is 0 Å². The normalized spacial score (nSPS) is 12.4. The van der Waals surface area contributed by atoms with Crippen LogP contribution in [0.3, 0.4) is 0 Å². The largest absolute Gasteiger partial charge is 0.469 e. The molecule has 0 saturated heterocycles. The van der Waals surface area contributed by atoms with Crippen molar-refractivity contribution in [2.75, 3.05) is 7.11 Å². The second kappa shape index (κ2) is 8.13. The summed E-state index contributed by atoms with van der Waals surface area (Å²) in [6.07, 6.45) is 5.55. The number of esters is 1. The van der Waals surface area contributed by atoms with Gasteiger partial charge >= 0.3 is 5.97 Å². The highest BCUT2D eigenvalue weighted by Gasteiger charge is 2.18. The maximum Gasteiger partial charge on any atom is 0.305 e. The van der Waals surface area contributed by atoms with Gasteiger partial charge in [-0.15, -0.1) is 0 Å². The van der Waals surface area contributed by atoms with Crippen molar-refractivity contribution in [3.8, 4) is 0 Å². The van der Waals surface area contributed by atoms with Crippen molar-refractivity contribution in [1.29, 1.82) is 0 Å². The Kier molecular flexibility index (Phi) is 6.83. The molecule has 3 heteroatoms. The average Bonchev–Trinajstić information content (AvgIpc) is 2.71. The van der Waals surface area contributed by atoms with E-state index in [4.69, 9.17) is 4.42 Å². The minimum Gasteiger partial charge on any atom is -0.469 e. The topological polar surface area (TPSA) is 39.4 Å². The number of aryl methyl sites for hydroxylation is 1. The van der Waals surface area contributed by atoms with Gasteiger partial charge in [-0.05, 0) is 44.2 Å². The summed E-state index contributed by atoms with van der Waals surface area (Å²) in [7, 11) is 1.43. The van der Waals surface area contributed by atoms with E-state index in [9.17, 15) is 4.79 Å². The van der Waals surface area contributed by atoms with Gasteiger partial charge in [0.2, 0.25) is 0 Å². The van der Waals surface area contributed by atoms with Crippen molar-refractivity contribution in [2.24, 2.45) is 0 Å². The first-order valence-corrected chi connectivity index (χ1v) is 7.66. The Morgan fingerprint density at radius 1 is 1.25 bits per heavy atom. The Labute approximate surface area is 122 Å². The lowest BCUT2D eigenvalue weighted by Crippen LogP contribution is -1.99. The van der Waals surface area contributed by atoms with Crippen LogP contribution in [0.4, 0.5) is 0 Å². The summed E-state index contributed by atoms with van der Waals surface area (Å²) in [5, 5.41) is 0. The lowest BCUT2D eigenvalue weighted by Gasteiger charge is -2.07. The number of methoxy groups -OCH3 is 1. The third kappa shape index (κ3) is 4.39. The standard InChI is InChI=1S/C17H28O3/c1-6-9-12(2)17-14(4)13(3)15(20-17)10-7-8-11-16(18)19-5/h12H,6-11H2,1-5H3. The number of ether oxygens (including phenoxy) is 1. The van der Waals surface area contributed by atoms with Gasteiger partial charge in [-0.1, -0.05) is 20.3 Å². The zero-order valence-corrected chi connectivity index (χ0v) is 13.5. The number of carbonyl (C=O) groups excluding carboxylic acids is 1. The van der Waals surface area contributed by atoms with Crippen LogP contribution in [-0.4, -0.2) is 13.1 Å². The quantitative estimate of drug-likeness (QED) is 0.512. The minimum atomic E-state index is -0.130. The molecule has 1 rings (SSSR count). The fraction of sp³-hybridized carbons (Fsp3) is 0.706. The van der Waals surface area contributed by atoms with E-state index in [1.807, 2.05) is 0 Å². The summed E-state index contributed by atoms with van der Waals surface area (Å²) >= 11 is 0. The number of rotatable bonds is 8. The van der Waals surface area contributed by atoms with E-state index in [1.54, 1.807) is 0 Å². The van der Waals surface area contributed by atoms with Gasteiger partial charge < -0.3 is 9.15 Å². The predicted molar refractivity (Wildman–Crippen MR) is 81.1 cm³/mol. The van der Waals surface area contributed by atoms with Crippen LogP contribution in [0.1, 0.15) is 74.5 Å². The van der Waals surface area contributed by atoms with Gasteiger partial charge in [0.1, 0.15) is 11.5 Å². The molecular weight excluding hydrogens is 252 g/mol. The van der Waals surface area contributed by atoms with Gasteiger partial charge in [0, 0.05) is 18.8 Å². The van der Waals surface area contributed by atoms with Crippen LogP contribution < -0.4 is 0 Å². The molecule has 3 nitrogen and oxygen atoms in total. The Bertz CT molecular complexity index is 432. The van der Waals surface area contributed by atoms with E-state index < -0.39 is 0 Å². The summed E-state index contributed by atoms with van der Waals surface area (Å²) < 4.78 is 10.7. The molecule has 0 saturated carbocycles. The molecule has 1 aromatic rings. The smallest absolute Gasteiger partial charge is 0.305 e. The van der Waals surface area contributed by atoms with E-state index in [-0.39, 0.29) is 5.97 Å². The molecule has 1 heterocycles. The number of carbonyl (C=O) groups is 1. The summed E-state index contributed by atoms with van der Waals surface area (Å²) in [6, 6.07) is 0. The fourth-order valence-corrected chi connectivity index (χ4v) is 2.61. The molecule has 20 heavy (non-hydrogen) atoms. The molecule has 1 atom stereocenters. The molecule has 1 aromatic heterocycles. The van der Waals surface area contributed by atoms with Crippen LogP contribution in [0.15, 0.2) is 4.42 Å². The van der Waals surface area contributed by atoms with E-state index in [1.165, 1.54) is 24.7 Å². The Morgan fingerprint density at radius 3 is 2.55 bits per heavy atom. The van der Waals surface area contributed by atoms with Crippen molar-refractivity contribution in [3.63, 3.8) is 0 Å². The Balaban J connectivity index is 2.58. The van der Waals surface area contributed by atoms with Crippen molar-refractivity contribution < 1.29 is 13.9 Å². The molecule has 0 aliphatic carbocycles. The van der Waals surface area contributed by atoms with Crippen LogP contribution in [0.2, 0.25) is 0 Å². The first-order valence-electron chi connectivity index (χ1n) is 7.66. The molecule has 1 unspecified atom stereocenters. The van der Waals surface area contributed by atoms with E-state index in [0.717, 1.165) is 37.2 Å². The van der Waals surface area contributed by atoms with Gasteiger partial charge in [0.25, 0.3) is 0 Å². The highest BCUT2D eigenvalue weighted by Crippen LogP contribution is 2.31. The molecule has 0 bridgehead atoms. The third-order valence-electron chi connectivity index (χ3n) is 4.02. The van der Waals surface area contributed by atoms with Crippen LogP contribution in [0, 0.1) is 13.8 Å². The zero-order valence-electron chi connectivity index (χ0n) is 13.5. The summed E-state index contributed by atoms with van der Waals surface area (Å²) in [6.45, 7) is 8.72. The third-order valence-corrected chi connectivity index (χ3v) is 4.02. The number of hydrogen-bond acceptors (Lipinski definition) is 3. The molecule has 0 aliphatic heterocycles. The number of hydrogen-bond donors (Lipinski definition) is 0. The van der Waals surface area contributed by atoms with Gasteiger partial charge in [0.15, 0.2) is 0 Å². The minimum absolute atomic E-state index is 0.130. The Hall–Kier alpha value is -1.25. The molecule has 0 amide bonds. The van der Waals surface area contributed by atoms with Gasteiger partial charge in [-0.2, -0.15) is 0 Å². The van der Waals surface area contributed by atoms with Gasteiger partial charge in [0.05, 0.1) is 7.11 Å². The molecule has 0 aromatic carbocycles. The van der Waals surface area contributed by atoms with E-state index in [2.05, 4.69) is 32.4 Å². The van der Waals surface area contributed by atoms with Crippen LogP contribution in [-0.2, 0) is 16.0 Å². The molecule has 0 radical (unpaired) electrons. The first-order chi connectivity index (χ1) is 9.51. The molecule has 0 fully saturated rings. The second-order valence-corrected chi connectivity index (χ2v) is 5.61. The molecule has 114 valence electrons. The van der Waals surface area contributed by atoms with Crippen LogP contribution >= 0.6 is 0 Å². The lowest BCUT2D eigenvalue weighted by atomic mass is 9.98. The highest BCUT2D eigenvalue weighted by atomic mass is 16.5. The van der Waals surface area contributed by atoms with E-state index >= 15 is 0 Å². The summed E-state index contributed by atoms with van der Waals surface area (Å²) in [4.78, 5) is 11.1. The van der Waals surface area contributed by atoms with Crippen molar-refractivity contribution >= 4 is 5.97 Å². The molecule has 0 aliphatic rings. The predicted octanol–water partition coefficient (Wildman–Crippen LogP) is 4.69. The highest BCUT2D eigenvalue weighted by molar-refractivity contribution is 5.68. The molecular formula is C17H28O3. The zero-order chi connectivity index (χ0) is 15.1. The van der Waals surface area contributed by atoms with Gasteiger partial charge in [-0.3, -0.25) is 4.79 Å². The van der Waals surface area contributed by atoms with Crippen molar-refractivity contribution in [3.05, 3.63) is 22.6 Å². The SMILES string of the molecule is CCCC(C)c1oc(CCCCC(=O)OC)c(C)c1C. The summed E-state index contributed by atoms with van der Waals surface area (Å²) in [5.74, 6) is 2.59. The molecule has 0 spiro atoms. The van der Waals surface area contributed by atoms with E-state index in [0.29, 0.717) is 12.3 Å². The maximum atomic E-state index is 11.1. The first kappa shape index (κ1) is 16.8. The number of unbranched alkanes of at least 4 members (excludes halogenated alkanes) is 1. The fourth-order valence-electron chi connectivity index (χ4n) is 2.61. The molecule has 0 N–H and O–H groups in total.